The van der Waals surface area contributed by atoms with Gasteiger partial charge in [-0.1, -0.05) is 15.9 Å². The van der Waals surface area contributed by atoms with Crippen LogP contribution in [0.25, 0.3) is 0 Å². The molecule has 0 aliphatic rings. The molecule has 0 spiro atoms. The van der Waals surface area contributed by atoms with Crippen LogP contribution < -0.4 is 0 Å². The fourth-order valence-corrected chi connectivity index (χ4v) is 2.11. The molecular weight excluding hydrogens is 362 g/mol. The van der Waals surface area contributed by atoms with Gasteiger partial charge in [0.15, 0.2) is 5.78 Å². The summed E-state index contributed by atoms with van der Waals surface area (Å²) in [7, 11) is 0. The molecule has 1 aromatic rings. The van der Waals surface area contributed by atoms with E-state index >= 15 is 0 Å². The molecule has 0 aliphatic heterocycles. The Morgan fingerprint density at radius 1 is 1.13 bits per heavy atom. The molecule has 0 saturated carbocycles. The number of allylic oxidation sites excluding steroid dienone is 1. The van der Waals surface area contributed by atoms with Crippen LogP contribution >= 0.6 is 15.9 Å². The lowest BCUT2D eigenvalue weighted by Crippen LogP contribution is -2.31. The van der Waals surface area contributed by atoms with Crippen molar-refractivity contribution in [2.75, 3.05) is 19.7 Å². The summed E-state index contributed by atoms with van der Waals surface area (Å²) in [5.41, 5.74) is 0.506. The smallest absolute Gasteiger partial charge is 0.307 e. The summed E-state index contributed by atoms with van der Waals surface area (Å²) >= 11 is 3.30. The zero-order valence-corrected chi connectivity index (χ0v) is 14.8. The first-order chi connectivity index (χ1) is 11.0. The molecule has 23 heavy (non-hydrogen) atoms. The van der Waals surface area contributed by atoms with E-state index in [9.17, 15) is 14.4 Å². The van der Waals surface area contributed by atoms with E-state index in [-0.39, 0.29) is 30.6 Å². The number of rotatable bonds is 8. The third-order valence-electron chi connectivity index (χ3n) is 3.09. The van der Waals surface area contributed by atoms with Crippen molar-refractivity contribution in [1.29, 1.82) is 0 Å². The first-order valence-corrected chi connectivity index (χ1v) is 8.19. The molecule has 0 unspecified atom stereocenters. The zero-order valence-electron chi connectivity index (χ0n) is 13.3. The normalized spacial score (nSPS) is 10.6. The number of ether oxygens (including phenoxy) is 1. The van der Waals surface area contributed by atoms with Gasteiger partial charge in [-0.15, -0.1) is 0 Å². The first-order valence-electron chi connectivity index (χ1n) is 7.40. The van der Waals surface area contributed by atoms with Crippen molar-refractivity contribution in [1.82, 2.24) is 4.90 Å². The molecule has 124 valence electrons. The Kier molecular flexibility index (Phi) is 8.26. The quantitative estimate of drug-likeness (QED) is 0.394. The fraction of sp³-hybridized carbons (Fsp3) is 0.353. The number of hydrogen-bond acceptors (Lipinski definition) is 4. The molecule has 0 radical (unpaired) electrons. The summed E-state index contributed by atoms with van der Waals surface area (Å²) in [4.78, 5) is 36.9. The van der Waals surface area contributed by atoms with E-state index in [1.165, 1.54) is 17.1 Å². The molecule has 0 N–H and O–H groups in total. The molecule has 0 bridgehead atoms. The predicted molar refractivity (Wildman–Crippen MR) is 91.1 cm³/mol. The summed E-state index contributed by atoms with van der Waals surface area (Å²) < 4.78 is 5.71. The summed E-state index contributed by atoms with van der Waals surface area (Å²) in [6.07, 6.45) is 2.62. The second-order valence-corrected chi connectivity index (χ2v) is 5.59. The highest BCUT2D eigenvalue weighted by Crippen LogP contribution is 2.11. The van der Waals surface area contributed by atoms with Crippen LogP contribution in [0.4, 0.5) is 0 Å². The lowest BCUT2D eigenvalue weighted by atomic mass is 10.1. The zero-order chi connectivity index (χ0) is 17.2. The van der Waals surface area contributed by atoms with Crippen molar-refractivity contribution >= 4 is 33.6 Å². The molecule has 0 heterocycles. The third kappa shape index (κ3) is 6.78. The lowest BCUT2D eigenvalue weighted by molar-refractivity contribution is -0.143. The fourth-order valence-electron chi connectivity index (χ4n) is 1.85. The molecule has 0 atom stereocenters. The lowest BCUT2D eigenvalue weighted by Gasteiger charge is -2.18. The van der Waals surface area contributed by atoms with Gasteiger partial charge < -0.3 is 9.64 Å². The van der Waals surface area contributed by atoms with Gasteiger partial charge in [-0.2, -0.15) is 0 Å². The molecule has 0 fully saturated rings. The largest absolute Gasteiger partial charge is 0.466 e. The Bertz CT molecular complexity index is 581. The van der Waals surface area contributed by atoms with Crippen molar-refractivity contribution in [2.45, 2.75) is 20.3 Å². The van der Waals surface area contributed by atoms with Crippen LogP contribution in [0, 0.1) is 0 Å². The Labute approximate surface area is 144 Å². The van der Waals surface area contributed by atoms with Crippen molar-refractivity contribution < 1.29 is 19.1 Å². The standard InChI is InChI=1S/C17H20BrNO4/c1-3-19(12-11-17(22)23-4-2)16(21)10-9-15(20)13-5-7-14(18)8-6-13/h5-10H,3-4,11-12H2,1-2H3/b10-9+. The third-order valence-corrected chi connectivity index (χ3v) is 3.62. The second kappa shape index (κ2) is 9.94. The van der Waals surface area contributed by atoms with Gasteiger partial charge >= 0.3 is 5.97 Å². The number of benzene rings is 1. The maximum Gasteiger partial charge on any atom is 0.307 e. The van der Waals surface area contributed by atoms with Crippen molar-refractivity contribution in [3.8, 4) is 0 Å². The summed E-state index contributed by atoms with van der Waals surface area (Å²) in [6.45, 7) is 4.59. The highest BCUT2D eigenvalue weighted by atomic mass is 79.9. The van der Waals surface area contributed by atoms with Gasteiger partial charge in [-0.05, 0) is 44.2 Å². The van der Waals surface area contributed by atoms with Crippen LogP contribution in [0.15, 0.2) is 40.9 Å². The number of halogens is 1. The van der Waals surface area contributed by atoms with Crippen LogP contribution in [0.1, 0.15) is 30.6 Å². The average molecular weight is 382 g/mol. The Morgan fingerprint density at radius 3 is 2.35 bits per heavy atom. The molecule has 0 aliphatic carbocycles. The number of ketones is 1. The average Bonchev–Trinajstić information content (AvgIpc) is 2.54. The molecule has 1 aromatic carbocycles. The minimum atomic E-state index is -0.339. The summed E-state index contributed by atoms with van der Waals surface area (Å²) in [6, 6.07) is 6.89. The van der Waals surface area contributed by atoms with Crippen LogP contribution in [0.3, 0.4) is 0 Å². The SMILES string of the molecule is CCOC(=O)CCN(CC)C(=O)/C=C/C(=O)c1ccc(Br)cc1. The van der Waals surface area contributed by atoms with E-state index < -0.39 is 0 Å². The monoisotopic (exact) mass is 381 g/mol. The Balaban J connectivity index is 2.59. The van der Waals surface area contributed by atoms with Crippen molar-refractivity contribution in [3.63, 3.8) is 0 Å². The number of amides is 1. The van der Waals surface area contributed by atoms with Crippen LogP contribution in [-0.4, -0.2) is 42.3 Å². The van der Waals surface area contributed by atoms with E-state index in [4.69, 9.17) is 4.74 Å². The number of esters is 1. The number of carbonyl (C=O) groups excluding carboxylic acids is 3. The van der Waals surface area contributed by atoms with Gasteiger partial charge in [0.1, 0.15) is 0 Å². The Morgan fingerprint density at radius 2 is 1.78 bits per heavy atom. The molecular formula is C17H20BrNO4. The summed E-state index contributed by atoms with van der Waals surface area (Å²) in [5, 5.41) is 0. The van der Waals surface area contributed by atoms with E-state index in [1.807, 2.05) is 6.92 Å². The predicted octanol–water partition coefficient (Wildman–Crippen LogP) is 2.99. The molecule has 5 nitrogen and oxygen atoms in total. The second-order valence-electron chi connectivity index (χ2n) is 4.68. The highest BCUT2D eigenvalue weighted by molar-refractivity contribution is 9.10. The molecule has 6 heteroatoms. The minimum Gasteiger partial charge on any atom is -0.466 e. The highest BCUT2D eigenvalue weighted by Gasteiger charge is 2.12. The van der Waals surface area contributed by atoms with Gasteiger partial charge in [0, 0.05) is 29.2 Å². The van der Waals surface area contributed by atoms with Gasteiger partial charge in [-0.3, -0.25) is 14.4 Å². The van der Waals surface area contributed by atoms with Crippen LogP contribution in [0.5, 0.6) is 0 Å². The molecule has 0 aromatic heterocycles. The van der Waals surface area contributed by atoms with E-state index in [2.05, 4.69) is 15.9 Å². The molecule has 1 rings (SSSR count). The molecule has 1 amide bonds. The van der Waals surface area contributed by atoms with Gasteiger partial charge in [0.25, 0.3) is 0 Å². The Hall–Kier alpha value is -1.95. The molecule has 0 saturated heterocycles. The number of nitrogens with zero attached hydrogens (tertiary/aromatic N) is 1. The minimum absolute atomic E-state index is 0.141. The van der Waals surface area contributed by atoms with Crippen molar-refractivity contribution in [3.05, 3.63) is 46.5 Å². The maximum absolute atomic E-state index is 12.1. The first kappa shape index (κ1) is 19.1. The van der Waals surface area contributed by atoms with Crippen LogP contribution in [-0.2, 0) is 14.3 Å². The number of hydrogen-bond donors (Lipinski definition) is 0. The van der Waals surface area contributed by atoms with Gasteiger partial charge in [0.2, 0.25) is 5.91 Å². The summed E-state index contributed by atoms with van der Waals surface area (Å²) in [5.74, 6) is -0.886. The van der Waals surface area contributed by atoms with E-state index in [0.29, 0.717) is 18.7 Å². The van der Waals surface area contributed by atoms with E-state index in [0.717, 1.165) is 4.47 Å². The number of likely N-dealkylation sites (N-methyl/N-ethyl adjacent to an activating group) is 1. The van der Waals surface area contributed by atoms with Gasteiger partial charge in [0.05, 0.1) is 13.0 Å². The van der Waals surface area contributed by atoms with Crippen molar-refractivity contribution in [2.24, 2.45) is 0 Å². The maximum atomic E-state index is 12.1. The van der Waals surface area contributed by atoms with E-state index in [1.54, 1.807) is 31.2 Å². The number of carbonyl (C=O) groups is 3. The van der Waals surface area contributed by atoms with Crippen LogP contribution in [0.2, 0.25) is 0 Å². The topological polar surface area (TPSA) is 63.7 Å². The van der Waals surface area contributed by atoms with Gasteiger partial charge in [-0.25, -0.2) is 0 Å².